The van der Waals surface area contributed by atoms with Crippen molar-refractivity contribution in [3.05, 3.63) is 0 Å². The van der Waals surface area contributed by atoms with Gasteiger partial charge in [0.05, 0.1) is 6.61 Å². The van der Waals surface area contributed by atoms with Crippen LogP contribution >= 0.6 is 0 Å². The summed E-state index contributed by atoms with van der Waals surface area (Å²) in [5, 5.41) is 12.6. The summed E-state index contributed by atoms with van der Waals surface area (Å²) in [7, 11) is 4.13. The summed E-state index contributed by atoms with van der Waals surface area (Å²) in [6.07, 6.45) is 3.76. The number of hydrogen-bond acceptors (Lipinski definition) is 3. The van der Waals surface area contributed by atoms with Gasteiger partial charge in [-0.15, -0.1) is 0 Å². The van der Waals surface area contributed by atoms with Crippen molar-refractivity contribution in [2.75, 3.05) is 20.7 Å². The second-order valence-electron chi connectivity index (χ2n) is 5.77. The zero-order valence-corrected chi connectivity index (χ0v) is 11.5. The third kappa shape index (κ3) is 3.44. The van der Waals surface area contributed by atoms with Crippen LogP contribution in [0.5, 0.6) is 0 Å². The van der Waals surface area contributed by atoms with Gasteiger partial charge < -0.3 is 15.3 Å². The molecule has 0 aliphatic heterocycles. The Kier molecular flexibility index (Phi) is 4.77. The molecule has 1 aliphatic rings. The van der Waals surface area contributed by atoms with Crippen molar-refractivity contribution in [2.24, 2.45) is 5.92 Å². The van der Waals surface area contributed by atoms with Crippen molar-refractivity contribution < 1.29 is 5.11 Å². The van der Waals surface area contributed by atoms with Gasteiger partial charge in [-0.3, -0.25) is 0 Å². The summed E-state index contributed by atoms with van der Waals surface area (Å²) < 4.78 is 0. The van der Waals surface area contributed by atoms with Gasteiger partial charge in [0.1, 0.15) is 0 Å². The van der Waals surface area contributed by atoms with Crippen LogP contribution in [0.15, 0.2) is 0 Å². The van der Waals surface area contributed by atoms with Crippen molar-refractivity contribution in [1.82, 2.24) is 10.2 Å². The molecule has 1 rings (SSSR count). The number of nitrogens with one attached hydrogen (secondary N) is 1. The van der Waals surface area contributed by atoms with E-state index in [0.29, 0.717) is 12.1 Å². The summed E-state index contributed by atoms with van der Waals surface area (Å²) in [6.45, 7) is 6.85. The van der Waals surface area contributed by atoms with E-state index in [-0.39, 0.29) is 12.1 Å². The fraction of sp³-hybridized carbons (Fsp3) is 1.00. The number of hydrogen-bond donors (Lipinski definition) is 2. The van der Waals surface area contributed by atoms with Gasteiger partial charge in [-0.1, -0.05) is 0 Å². The molecule has 16 heavy (non-hydrogen) atoms. The van der Waals surface area contributed by atoms with Gasteiger partial charge in [0.15, 0.2) is 0 Å². The van der Waals surface area contributed by atoms with Gasteiger partial charge >= 0.3 is 0 Å². The second kappa shape index (κ2) is 5.48. The van der Waals surface area contributed by atoms with E-state index in [1.807, 2.05) is 7.05 Å². The summed E-state index contributed by atoms with van der Waals surface area (Å²) in [4.78, 5) is 2.46. The first kappa shape index (κ1) is 13.9. The van der Waals surface area contributed by atoms with Gasteiger partial charge in [0, 0.05) is 17.6 Å². The molecule has 0 radical (unpaired) electrons. The molecule has 0 bridgehead atoms. The minimum Gasteiger partial charge on any atom is -0.394 e. The van der Waals surface area contributed by atoms with E-state index >= 15 is 0 Å². The molecule has 0 heterocycles. The van der Waals surface area contributed by atoms with Crippen LogP contribution in [0.1, 0.15) is 40.0 Å². The van der Waals surface area contributed by atoms with Gasteiger partial charge in [-0.2, -0.15) is 0 Å². The van der Waals surface area contributed by atoms with Crippen LogP contribution < -0.4 is 5.32 Å². The molecule has 0 aromatic rings. The van der Waals surface area contributed by atoms with Crippen LogP contribution in [0.3, 0.4) is 0 Å². The molecule has 0 amide bonds. The van der Waals surface area contributed by atoms with E-state index in [1.54, 1.807) is 0 Å². The molecule has 3 heteroatoms. The summed E-state index contributed by atoms with van der Waals surface area (Å²) in [5.41, 5.74) is -0.156. The fourth-order valence-corrected chi connectivity index (χ4v) is 2.35. The SMILES string of the molecule is CNC(C)(CO)CC(C)N(C)C(C)C1CC1. The maximum atomic E-state index is 9.40. The highest BCUT2D eigenvalue weighted by Crippen LogP contribution is 2.35. The predicted molar refractivity (Wildman–Crippen MR) is 68.6 cm³/mol. The monoisotopic (exact) mass is 228 g/mol. The first-order valence-corrected chi connectivity index (χ1v) is 6.45. The average molecular weight is 228 g/mol. The van der Waals surface area contributed by atoms with E-state index in [2.05, 4.69) is 38.0 Å². The third-order valence-corrected chi connectivity index (χ3v) is 4.34. The van der Waals surface area contributed by atoms with E-state index in [9.17, 15) is 5.11 Å². The first-order chi connectivity index (χ1) is 7.43. The van der Waals surface area contributed by atoms with Crippen LogP contribution in [0.2, 0.25) is 0 Å². The van der Waals surface area contributed by atoms with E-state index in [0.717, 1.165) is 12.3 Å². The Morgan fingerprint density at radius 1 is 1.44 bits per heavy atom. The highest BCUT2D eigenvalue weighted by molar-refractivity contribution is 4.90. The molecule has 2 N–H and O–H groups in total. The molecule has 1 saturated carbocycles. The van der Waals surface area contributed by atoms with Crippen molar-refractivity contribution in [1.29, 1.82) is 0 Å². The standard InChI is InChI=1S/C13H28N2O/c1-10(8-13(3,9-16)14-4)15(5)11(2)12-6-7-12/h10-12,14,16H,6-9H2,1-5H3. The first-order valence-electron chi connectivity index (χ1n) is 6.45. The lowest BCUT2D eigenvalue weighted by atomic mass is 9.93. The number of likely N-dealkylation sites (N-methyl/N-ethyl adjacent to an activating group) is 1. The highest BCUT2D eigenvalue weighted by atomic mass is 16.3. The molecule has 3 atom stereocenters. The van der Waals surface area contributed by atoms with Gasteiger partial charge in [-0.05, 0) is 60.0 Å². The van der Waals surface area contributed by atoms with Crippen LogP contribution in [-0.2, 0) is 0 Å². The molecule has 3 unspecified atom stereocenters. The smallest absolute Gasteiger partial charge is 0.0611 e. The zero-order chi connectivity index (χ0) is 12.3. The molecule has 0 saturated heterocycles. The summed E-state index contributed by atoms with van der Waals surface area (Å²) >= 11 is 0. The van der Waals surface area contributed by atoms with Gasteiger partial charge in [0.2, 0.25) is 0 Å². The molecular weight excluding hydrogens is 200 g/mol. The van der Waals surface area contributed by atoms with Gasteiger partial charge in [-0.25, -0.2) is 0 Å². The second-order valence-corrected chi connectivity index (χ2v) is 5.77. The average Bonchev–Trinajstić information content (AvgIpc) is 3.10. The van der Waals surface area contributed by atoms with Gasteiger partial charge in [0.25, 0.3) is 0 Å². The maximum absolute atomic E-state index is 9.40. The molecular formula is C13H28N2O. The number of nitrogens with zero attached hydrogens (tertiary/aromatic N) is 1. The van der Waals surface area contributed by atoms with Crippen molar-refractivity contribution in [2.45, 2.75) is 57.7 Å². The Morgan fingerprint density at radius 2 is 2.00 bits per heavy atom. The topological polar surface area (TPSA) is 35.5 Å². The van der Waals surface area contributed by atoms with Crippen molar-refractivity contribution >= 4 is 0 Å². The minimum atomic E-state index is -0.156. The van der Waals surface area contributed by atoms with E-state index < -0.39 is 0 Å². The molecule has 1 aliphatic carbocycles. The lowest BCUT2D eigenvalue weighted by Gasteiger charge is -2.37. The molecule has 3 nitrogen and oxygen atoms in total. The molecule has 0 aromatic heterocycles. The number of rotatable bonds is 7. The number of aliphatic hydroxyl groups is 1. The largest absolute Gasteiger partial charge is 0.394 e. The Balaban J connectivity index is 2.46. The lowest BCUT2D eigenvalue weighted by molar-refractivity contribution is 0.108. The summed E-state index contributed by atoms with van der Waals surface area (Å²) in [6, 6.07) is 1.18. The van der Waals surface area contributed by atoms with Crippen LogP contribution in [-0.4, -0.2) is 48.3 Å². The van der Waals surface area contributed by atoms with Crippen LogP contribution in [0.25, 0.3) is 0 Å². The molecule has 0 aromatic carbocycles. The molecule has 1 fully saturated rings. The Bertz CT molecular complexity index is 212. The third-order valence-electron chi connectivity index (χ3n) is 4.34. The zero-order valence-electron chi connectivity index (χ0n) is 11.5. The number of aliphatic hydroxyl groups excluding tert-OH is 1. The van der Waals surface area contributed by atoms with Crippen molar-refractivity contribution in [3.8, 4) is 0 Å². The normalized spacial score (nSPS) is 24.2. The summed E-state index contributed by atoms with van der Waals surface area (Å²) in [5.74, 6) is 0.905. The Morgan fingerprint density at radius 3 is 2.38 bits per heavy atom. The fourth-order valence-electron chi connectivity index (χ4n) is 2.35. The molecule has 0 spiro atoms. The predicted octanol–water partition coefficient (Wildman–Crippen LogP) is 1.47. The maximum Gasteiger partial charge on any atom is 0.0611 e. The minimum absolute atomic E-state index is 0.156. The lowest BCUT2D eigenvalue weighted by Crippen LogP contribution is -2.50. The quantitative estimate of drug-likeness (QED) is 0.692. The Hall–Kier alpha value is -0.120. The molecule has 96 valence electrons. The van der Waals surface area contributed by atoms with Crippen LogP contribution in [0, 0.1) is 5.92 Å². The van der Waals surface area contributed by atoms with Crippen molar-refractivity contribution in [3.63, 3.8) is 0 Å². The van der Waals surface area contributed by atoms with Crippen LogP contribution in [0.4, 0.5) is 0 Å². The van der Waals surface area contributed by atoms with E-state index in [1.165, 1.54) is 12.8 Å². The van der Waals surface area contributed by atoms with E-state index in [4.69, 9.17) is 0 Å². The Labute approximate surface area is 100 Å². The highest BCUT2D eigenvalue weighted by Gasteiger charge is 2.34.